The van der Waals surface area contributed by atoms with Crippen LogP contribution >= 0.6 is 0 Å². The van der Waals surface area contributed by atoms with E-state index in [0.29, 0.717) is 11.5 Å². The molecule has 0 saturated carbocycles. The van der Waals surface area contributed by atoms with Gasteiger partial charge in [0.05, 0.1) is 16.3 Å². The van der Waals surface area contributed by atoms with Crippen LogP contribution in [0, 0.1) is 0 Å². The highest BCUT2D eigenvalue weighted by atomic mass is 32.3. The molecule has 3 rings (SSSR count). The quantitative estimate of drug-likeness (QED) is 0.896. The summed E-state index contributed by atoms with van der Waals surface area (Å²) < 4.78 is 42.0. The number of nitrogens with zero attached hydrogens (tertiary/aromatic N) is 2. The van der Waals surface area contributed by atoms with Gasteiger partial charge in [-0.15, -0.1) is 0 Å². The number of benzene rings is 1. The van der Waals surface area contributed by atoms with Crippen LogP contribution in [0.25, 0.3) is 0 Å². The Balaban J connectivity index is 1.88. The molecule has 0 amide bonds. The van der Waals surface area contributed by atoms with Gasteiger partial charge in [0.2, 0.25) is 0 Å². The lowest BCUT2D eigenvalue weighted by Crippen LogP contribution is -2.25. The lowest BCUT2D eigenvalue weighted by Gasteiger charge is -2.12. The Morgan fingerprint density at radius 3 is 2.52 bits per heavy atom. The van der Waals surface area contributed by atoms with Crippen LogP contribution < -0.4 is 0 Å². The lowest BCUT2D eigenvalue weighted by atomic mass is 10.1. The third-order valence-electron chi connectivity index (χ3n) is 3.88. The molecule has 0 aromatic heterocycles. The van der Waals surface area contributed by atoms with E-state index in [0.717, 1.165) is 29.5 Å². The summed E-state index contributed by atoms with van der Waals surface area (Å²) in [4.78, 5) is 0. The van der Waals surface area contributed by atoms with Gasteiger partial charge < -0.3 is 5.11 Å². The first-order valence-corrected chi connectivity index (χ1v) is 10.1. The summed E-state index contributed by atoms with van der Waals surface area (Å²) in [5.74, 6) is 0.753. The van der Waals surface area contributed by atoms with Crippen molar-refractivity contribution in [3.05, 3.63) is 34.9 Å². The van der Waals surface area contributed by atoms with Crippen molar-refractivity contribution in [3.63, 3.8) is 0 Å². The van der Waals surface area contributed by atoms with Gasteiger partial charge in [0.1, 0.15) is 0 Å². The third kappa shape index (κ3) is 2.98. The monoisotopic (exact) mass is 330 g/mol. The highest BCUT2D eigenvalue weighted by Gasteiger charge is 2.31. The molecule has 2 aliphatic rings. The maximum Gasteiger partial charge on any atom is 0.330 e. The predicted octanol–water partition coefficient (Wildman–Crippen LogP) is 1.00. The molecule has 2 heterocycles. The molecule has 1 aromatic rings. The van der Waals surface area contributed by atoms with Crippen LogP contribution in [0.1, 0.15) is 29.5 Å². The van der Waals surface area contributed by atoms with Crippen LogP contribution in [0.15, 0.2) is 22.0 Å². The third-order valence-corrected chi connectivity index (χ3v) is 8.48. The van der Waals surface area contributed by atoms with Crippen molar-refractivity contribution in [3.8, 4) is 0 Å². The molecule has 116 valence electrons. The molecule has 1 saturated heterocycles. The largest absolute Gasteiger partial charge is 0.392 e. The summed E-state index contributed by atoms with van der Waals surface area (Å²) in [6, 6.07) is 5.41. The predicted molar refractivity (Wildman–Crippen MR) is 80.1 cm³/mol. The molecule has 1 aromatic carbocycles. The minimum absolute atomic E-state index is 0.0712. The van der Waals surface area contributed by atoms with E-state index >= 15 is 0 Å². The molecular weight excluding hydrogens is 312 g/mol. The smallest absolute Gasteiger partial charge is 0.330 e. The van der Waals surface area contributed by atoms with E-state index in [2.05, 4.69) is 3.77 Å². The first kappa shape index (κ1) is 15.0. The zero-order valence-corrected chi connectivity index (χ0v) is 13.2. The van der Waals surface area contributed by atoms with Gasteiger partial charge in [0.15, 0.2) is 0 Å². The molecule has 1 fully saturated rings. The Labute approximate surface area is 125 Å². The van der Waals surface area contributed by atoms with Crippen molar-refractivity contribution < 1.29 is 17.7 Å². The van der Waals surface area contributed by atoms with Crippen LogP contribution in [-0.4, -0.2) is 33.5 Å². The summed E-state index contributed by atoms with van der Waals surface area (Å²) in [5, 5.41) is 9.13. The summed E-state index contributed by atoms with van der Waals surface area (Å²) in [6.45, 7) is 0.408. The first-order chi connectivity index (χ1) is 9.92. The van der Waals surface area contributed by atoms with Gasteiger partial charge in [-0.05, 0) is 29.5 Å². The van der Waals surface area contributed by atoms with Gasteiger partial charge in [-0.3, -0.25) is 0 Å². The van der Waals surface area contributed by atoms with Crippen molar-refractivity contribution in [1.29, 1.82) is 0 Å². The van der Waals surface area contributed by atoms with Crippen molar-refractivity contribution in [2.75, 3.05) is 11.5 Å². The Morgan fingerprint density at radius 2 is 1.86 bits per heavy atom. The second kappa shape index (κ2) is 5.35. The topological polar surface area (TPSA) is 87.0 Å². The zero-order chi connectivity index (χ0) is 15.1. The number of rotatable bonds is 3. The Morgan fingerprint density at radius 1 is 1.19 bits per heavy atom. The van der Waals surface area contributed by atoms with Gasteiger partial charge >= 0.3 is 10.2 Å². The summed E-state index contributed by atoms with van der Waals surface area (Å²) >= 11 is 0. The maximum absolute atomic E-state index is 12.3. The summed E-state index contributed by atoms with van der Waals surface area (Å²) in [6.07, 6.45) is 1.55. The van der Waals surface area contributed by atoms with Crippen LogP contribution in [-0.2, 0) is 39.6 Å². The molecule has 0 aliphatic carbocycles. The highest BCUT2D eigenvalue weighted by Crippen LogP contribution is 2.28. The number of hydrogen-bond donors (Lipinski definition) is 1. The standard InChI is InChI=1S/C13H18N2O4S2/c16-10-11-3-4-12-8-15(9-13(12)7-11)21(18,19)14-20(17)5-1-2-6-20/h3-4,7,16H,1-2,5-6,8-10H2. The molecule has 1 N–H and O–H groups in total. The van der Waals surface area contributed by atoms with Crippen molar-refractivity contribution in [2.24, 2.45) is 3.77 Å². The Bertz CT molecular complexity index is 767. The van der Waals surface area contributed by atoms with Gasteiger partial charge in [-0.2, -0.15) is 12.7 Å². The zero-order valence-electron chi connectivity index (χ0n) is 11.6. The highest BCUT2D eigenvalue weighted by molar-refractivity contribution is 8.02. The fourth-order valence-corrected chi connectivity index (χ4v) is 7.19. The van der Waals surface area contributed by atoms with E-state index in [-0.39, 0.29) is 19.7 Å². The average Bonchev–Trinajstić information content (AvgIpc) is 3.03. The van der Waals surface area contributed by atoms with E-state index < -0.39 is 19.9 Å². The molecule has 21 heavy (non-hydrogen) atoms. The van der Waals surface area contributed by atoms with Crippen molar-refractivity contribution >= 4 is 19.9 Å². The summed E-state index contributed by atoms with van der Waals surface area (Å²) in [7, 11) is -6.46. The molecule has 8 heteroatoms. The second-order valence-corrected chi connectivity index (χ2v) is 9.84. The van der Waals surface area contributed by atoms with E-state index in [1.54, 1.807) is 12.1 Å². The molecule has 0 bridgehead atoms. The second-order valence-electron chi connectivity index (χ2n) is 5.47. The van der Waals surface area contributed by atoms with E-state index in [1.165, 1.54) is 4.31 Å². The van der Waals surface area contributed by atoms with Gasteiger partial charge in [0, 0.05) is 24.6 Å². The van der Waals surface area contributed by atoms with E-state index in [4.69, 9.17) is 5.11 Å². The van der Waals surface area contributed by atoms with Gasteiger partial charge in [0.25, 0.3) is 0 Å². The Kier molecular flexibility index (Phi) is 3.81. The van der Waals surface area contributed by atoms with Gasteiger partial charge in [-0.25, -0.2) is 4.21 Å². The molecule has 0 atom stereocenters. The van der Waals surface area contributed by atoms with E-state index in [9.17, 15) is 12.6 Å². The van der Waals surface area contributed by atoms with Crippen LogP contribution in [0.5, 0.6) is 0 Å². The molecule has 0 unspecified atom stereocenters. The normalized spacial score (nSPS) is 21.4. The molecule has 2 aliphatic heterocycles. The lowest BCUT2D eigenvalue weighted by molar-refractivity contribution is 0.281. The molecule has 6 nitrogen and oxygen atoms in total. The number of fused-ring (bicyclic) bond motifs is 1. The van der Waals surface area contributed by atoms with Crippen LogP contribution in [0.3, 0.4) is 0 Å². The number of aliphatic hydroxyl groups excluding tert-OH is 1. The SMILES string of the molecule is O=S(=O)(N=S1(=O)CCCC1)N1Cc2ccc(CO)cc2C1. The van der Waals surface area contributed by atoms with E-state index in [1.807, 2.05) is 6.07 Å². The summed E-state index contributed by atoms with van der Waals surface area (Å²) in [5.41, 5.74) is 2.54. The fraction of sp³-hybridized carbons (Fsp3) is 0.538. The first-order valence-electron chi connectivity index (χ1n) is 6.87. The molecular formula is C13H18N2O4S2. The molecule has 0 radical (unpaired) electrons. The molecule has 0 spiro atoms. The Hall–Kier alpha value is -0.960. The van der Waals surface area contributed by atoms with Crippen molar-refractivity contribution in [2.45, 2.75) is 32.5 Å². The number of aliphatic hydroxyl groups is 1. The van der Waals surface area contributed by atoms with Crippen LogP contribution in [0.4, 0.5) is 0 Å². The minimum Gasteiger partial charge on any atom is -0.392 e. The fourth-order valence-electron chi connectivity index (χ4n) is 2.73. The van der Waals surface area contributed by atoms with Crippen molar-refractivity contribution in [1.82, 2.24) is 4.31 Å². The average molecular weight is 330 g/mol. The minimum atomic E-state index is -3.87. The van der Waals surface area contributed by atoms with Crippen LogP contribution in [0.2, 0.25) is 0 Å². The number of hydrogen-bond acceptors (Lipinski definition) is 4. The van der Waals surface area contributed by atoms with Gasteiger partial charge in [-0.1, -0.05) is 22.0 Å². The maximum atomic E-state index is 12.3.